The summed E-state index contributed by atoms with van der Waals surface area (Å²) in [6.45, 7) is 19.3. The molecule has 0 saturated heterocycles. The van der Waals surface area contributed by atoms with Crippen LogP contribution < -0.4 is 4.90 Å². The lowest BCUT2D eigenvalue weighted by Crippen LogP contribution is -2.18. The number of hydrogen-bond donors (Lipinski definition) is 0. The standard InChI is InChI=1S/C58H49N/c1-55(2)44-20-13-11-18-38(44)40-27-25-35(30-48(40)55)59(36-26-28-41-39-19-12-14-21-45(39)56(3,4)49(41)31-36)52-23-15-22-46-54(52)43-33-50-42(32-51(43)57(46,5)6)53-37-17-10-9-16-34(37)24-29-47(53)58(50,7)8/h9-33H,1-8H3. The van der Waals surface area contributed by atoms with Crippen molar-refractivity contribution in [3.63, 3.8) is 0 Å². The Kier molecular flexibility index (Phi) is 6.67. The minimum Gasteiger partial charge on any atom is -0.310 e. The van der Waals surface area contributed by atoms with E-state index < -0.39 is 0 Å². The summed E-state index contributed by atoms with van der Waals surface area (Å²) in [6, 6.07) is 58.3. The number of hydrogen-bond acceptors (Lipinski definition) is 1. The lowest BCUT2D eigenvalue weighted by Gasteiger charge is -2.31. The quantitative estimate of drug-likeness (QED) is 0.173. The normalized spacial score (nSPS) is 17.0. The maximum absolute atomic E-state index is 2.59. The molecule has 286 valence electrons. The van der Waals surface area contributed by atoms with Crippen LogP contribution in [0.2, 0.25) is 0 Å². The molecule has 0 amide bonds. The SMILES string of the molecule is CC1(C)c2ccccc2-c2ccc(N(c3ccc4c(c3)C(C)(C)c3ccccc3-4)c3cccc4c3-c3cc5c(cc3C4(C)C)-c3c(ccc4ccccc34)C5(C)C)cc21. The van der Waals surface area contributed by atoms with Crippen LogP contribution in [0.15, 0.2) is 152 Å². The second-order valence-electron chi connectivity index (χ2n) is 19.7. The number of rotatable bonds is 3. The van der Waals surface area contributed by atoms with E-state index in [2.05, 4.69) is 212 Å². The summed E-state index contributed by atoms with van der Waals surface area (Å²) >= 11 is 0. The maximum atomic E-state index is 2.59. The predicted molar refractivity (Wildman–Crippen MR) is 249 cm³/mol. The van der Waals surface area contributed by atoms with E-state index in [1.54, 1.807) is 0 Å². The second-order valence-corrected chi connectivity index (χ2v) is 19.7. The lowest BCUT2D eigenvalue weighted by molar-refractivity contribution is 0.652. The highest BCUT2D eigenvalue weighted by molar-refractivity contribution is 6.05. The molecule has 8 aromatic rings. The van der Waals surface area contributed by atoms with Crippen molar-refractivity contribution >= 4 is 27.8 Å². The van der Waals surface area contributed by atoms with E-state index in [1.165, 1.54) is 117 Å². The zero-order chi connectivity index (χ0) is 40.4. The lowest BCUT2D eigenvalue weighted by atomic mass is 9.79. The van der Waals surface area contributed by atoms with Crippen LogP contribution in [0, 0.1) is 0 Å². The van der Waals surface area contributed by atoms with Gasteiger partial charge in [0, 0.05) is 38.6 Å². The summed E-state index contributed by atoms with van der Waals surface area (Å²) in [4.78, 5) is 2.59. The molecule has 1 heteroatoms. The van der Waals surface area contributed by atoms with Crippen LogP contribution >= 0.6 is 0 Å². The van der Waals surface area contributed by atoms with Gasteiger partial charge in [-0.05, 0) is 137 Å². The van der Waals surface area contributed by atoms with E-state index in [4.69, 9.17) is 0 Å². The van der Waals surface area contributed by atoms with Crippen LogP contribution in [0.1, 0.15) is 99.9 Å². The molecule has 0 spiro atoms. The Hall–Kier alpha value is -6.18. The maximum Gasteiger partial charge on any atom is 0.0543 e. The molecule has 0 N–H and O–H groups in total. The molecule has 59 heavy (non-hydrogen) atoms. The molecule has 0 saturated carbocycles. The van der Waals surface area contributed by atoms with Gasteiger partial charge in [0.2, 0.25) is 0 Å². The van der Waals surface area contributed by atoms with Gasteiger partial charge in [0.25, 0.3) is 0 Å². The molecular weight excluding hydrogens is 711 g/mol. The smallest absolute Gasteiger partial charge is 0.0543 e. The molecule has 8 aromatic carbocycles. The van der Waals surface area contributed by atoms with E-state index in [-0.39, 0.29) is 21.7 Å². The van der Waals surface area contributed by atoms with Crippen molar-refractivity contribution in [2.24, 2.45) is 0 Å². The van der Waals surface area contributed by atoms with E-state index in [1.807, 2.05) is 0 Å². The Morgan fingerprint density at radius 1 is 0.305 bits per heavy atom. The van der Waals surface area contributed by atoms with Gasteiger partial charge in [-0.3, -0.25) is 0 Å². The van der Waals surface area contributed by atoms with Crippen molar-refractivity contribution in [1.82, 2.24) is 0 Å². The van der Waals surface area contributed by atoms with Gasteiger partial charge < -0.3 is 4.90 Å². The van der Waals surface area contributed by atoms with E-state index >= 15 is 0 Å². The summed E-state index contributed by atoms with van der Waals surface area (Å²) in [7, 11) is 0. The van der Waals surface area contributed by atoms with E-state index in [9.17, 15) is 0 Å². The summed E-state index contributed by atoms with van der Waals surface area (Å²) in [5.41, 5.74) is 25.1. The first-order chi connectivity index (χ1) is 28.3. The second kappa shape index (κ2) is 11.3. The van der Waals surface area contributed by atoms with Gasteiger partial charge >= 0.3 is 0 Å². The highest BCUT2D eigenvalue weighted by atomic mass is 15.1. The van der Waals surface area contributed by atoms with Crippen molar-refractivity contribution in [1.29, 1.82) is 0 Å². The van der Waals surface area contributed by atoms with Gasteiger partial charge in [-0.25, -0.2) is 0 Å². The minimum atomic E-state index is -0.192. The van der Waals surface area contributed by atoms with Crippen molar-refractivity contribution in [3.8, 4) is 44.5 Å². The number of fused-ring (bicyclic) bond motifs is 14. The van der Waals surface area contributed by atoms with Crippen molar-refractivity contribution < 1.29 is 0 Å². The summed E-state index contributed by atoms with van der Waals surface area (Å²) < 4.78 is 0. The Balaban J connectivity index is 1.11. The Morgan fingerprint density at radius 2 is 0.746 bits per heavy atom. The largest absolute Gasteiger partial charge is 0.310 e. The van der Waals surface area contributed by atoms with E-state index in [0.717, 1.165) is 0 Å². The molecule has 0 fully saturated rings. The molecule has 0 atom stereocenters. The van der Waals surface area contributed by atoms with Gasteiger partial charge in [0.15, 0.2) is 0 Å². The minimum absolute atomic E-state index is 0.117. The average molecular weight is 760 g/mol. The predicted octanol–water partition coefficient (Wildman–Crippen LogP) is 15.5. The molecule has 0 bridgehead atoms. The first kappa shape index (κ1) is 34.8. The highest BCUT2D eigenvalue weighted by Crippen LogP contribution is 2.61. The topological polar surface area (TPSA) is 3.24 Å². The zero-order valence-corrected chi connectivity index (χ0v) is 35.4. The van der Waals surface area contributed by atoms with Crippen LogP contribution in [0.5, 0.6) is 0 Å². The number of benzene rings is 8. The monoisotopic (exact) mass is 759 g/mol. The highest BCUT2D eigenvalue weighted by Gasteiger charge is 2.44. The van der Waals surface area contributed by atoms with Crippen LogP contribution in [-0.4, -0.2) is 0 Å². The van der Waals surface area contributed by atoms with Gasteiger partial charge in [-0.1, -0.05) is 165 Å². The van der Waals surface area contributed by atoms with Crippen molar-refractivity contribution in [2.45, 2.75) is 77.0 Å². The van der Waals surface area contributed by atoms with Gasteiger partial charge in [-0.2, -0.15) is 0 Å². The molecule has 1 nitrogen and oxygen atoms in total. The number of anilines is 3. The number of nitrogens with zero attached hydrogens (tertiary/aromatic N) is 1. The van der Waals surface area contributed by atoms with Crippen molar-refractivity contribution in [3.05, 3.63) is 196 Å². The Bertz CT molecular complexity index is 3060. The van der Waals surface area contributed by atoms with Crippen LogP contribution in [0.3, 0.4) is 0 Å². The average Bonchev–Trinajstić information content (AvgIpc) is 3.81. The van der Waals surface area contributed by atoms with Gasteiger partial charge in [0.05, 0.1) is 5.69 Å². The Labute approximate surface area is 349 Å². The third kappa shape index (κ3) is 4.36. The van der Waals surface area contributed by atoms with Crippen LogP contribution in [0.25, 0.3) is 55.3 Å². The third-order valence-corrected chi connectivity index (χ3v) is 15.3. The molecule has 0 aliphatic heterocycles. The third-order valence-electron chi connectivity index (χ3n) is 15.3. The molecule has 12 rings (SSSR count). The summed E-state index contributed by atoms with van der Waals surface area (Å²) in [5.74, 6) is 0. The summed E-state index contributed by atoms with van der Waals surface area (Å²) in [6.07, 6.45) is 0. The first-order valence-electron chi connectivity index (χ1n) is 21.4. The fraction of sp³-hybridized carbons (Fsp3) is 0.207. The molecule has 0 radical (unpaired) electrons. The van der Waals surface area contributed by atoms with Crippen LogP contribution in [-0.2, 0) is 21.7 Å². The summed E-state index contributed by atoms with van der Waals surface area (Å²) in [5, 5.41) is 2.65. The fourth-order valence-corrected chi connectivity index (χ4v) is 12.0. The van der Waals surface area contributed by atoms with Crippen molar-refractivity contribution in [2.75, 3.05) is 4.90 Å². The van der Waals surface area contributed by atoms with E-state index in [0.29, 0.717) is 0 Å². The first-order valence-corrected chi connectivity index (χ1v) is 21.4. The van der Waals surface area contributed by atoms with Gasteiger partial charge in [0.1, 0.15) is 0 Å². The zero-order valence-electron chi connectivity index (χ0n) is 35.4. The molecule has 4 aliphatic carbocycles. The molecule has 0 unspecified atom stereocenters. The fourth-order valence-electron chi connectivity index (χ4n) is 12.0. The molecule has 0 heterocycles. The Morgan fingerprint density at radius 3 is 1.34 bits per heavy atom. The van der Waals surface area contributed by atoms with Crippen LogP contribution in [0.4, 0.5) is 17.1 Å². The van der Waals surface area contributed by atoms with Gasteiger partial charge in [-0.15, -0.1) is 0 Å². The molecule has 4 aliphatic rings. The molecule has 0 aromatic heterocycles. The molecular formula is C58H49N.